The molecule has 0 aromatic carbocycles. The predicted molar refractivity (Wildman–Crippen MR) is 156 cm³/mol. The van der Waals surface area contributed by atoms with Gasteiger partial charge in [-0.2, -0.15) is 0 Å². The first kappa shape index (κ1) is 34.0. The highest BCUT2D eigenvalue weighted by atomic mass is 32.3. The number of sulfonamides is 2. The normalized spacial score (nSPS) is 24.8. The second-order valence-corrected chi connectivity index (χ2v) is 20.7. The number of primary sulfonamides is 1. The summed E-state index contributed by atoms with van der Waals surface area (Å²) in [6.45, 7) is 9.47. The van der Waals surface area contributed by atoms with E-state index in [0.717, 1.165) is 18.3 Å². The van der Waals surface area contributed by atoms with Crippen molar-refractivity contribution in [1.82, 2.24) is 15.4 Å². The fraction of sp³-hybridized carbons (Fsp3) is 0.591. The Labute approximate surface area is 249 Å². The Balaban J connectivity index is 0.000000228. The summed E-state index contributed by atoms with van der Waals surface area (Å²) in [5, 5.41) is 10.3. The molecular formula is C22H34N4O9S6. The second-order valence-electron chi connectivity index (χ2n) is 9.73. The van der Waals surface area contributed by atoms with Crippen LogP contribution in [0.25, 0.3) is 0 Å². The molecule has 19 heteroatoms. The zero-order valence-corrected chi connectivity index (χ0v) is 27.9. The molecule has 0 fully saturated rings. The number of carbonyl (C=O) groups is 1. The molecule has 41 heavy (non-hydrogen) atoms. The Morgan fingerprint density at radius 3 is 1.61 bits per heavy atom. The van der Waals surface area contributed by atoms with Gasteiger partial charge in [0, 0.05) is 30.1 Å². The minimum atomic E-state index is -4.03. The Morgan fingerprint density at radius 1 is 0.854 bits per heavy atom. The summed E-state index contributed by atoms with van der Waals surface area (Å²) < 4.78 is 98.0. The lowest BCUT2D eigenvalue weighted by Crippen LogP contribution is -2.33. The van der Waals surface area contributed by atoms with Crippen molar-refractivity contribution >= 4 is 68.3 Å². The van der Waals surface area contributed by atoms with Crippen LogP contribution >= 0.6 is 22.7 Å². The highest BCUT2D eigenvalue weighted by Crippen LogP contribution is 2.43. The van der Waals surface area contributed by atoms with E-state index in [1.165, 1.54) is 12.1 Å². The molecule has 2 aromatic rings. The van der Waals surface area contributed by atoms with Crippen LogP contribution in [0, 0.1) is 0 Å². The van der Waals surface area contributed by atoms with E-state index in [1.807, 2.05) is 18.6 Å². The van der Waals surface area contributed by atoms with Gasteiger partial charge in [0.25, 0.3) is 10.0 Å². The minimum Gasteiger partial charge on any atom is -0.310 e. The van der Waals surface area contributed by atoms with Gasteiger partial charge in [-0.1, -0.05) is 13.8 Å². The lowest BCUT2D eigenvalue weighted by Gasteiger charge is -2.27. The lowest BCUT2D eigenvalue weighted by atomic mass is 10.1. The van der Waals surface area contributed by atoms with Crippen LogP contribution in [0.2, 0.25) is 0 Å². The molecular weight excluding hydrogens is 657 g/mol. The number of nitrogens with two attached hydrogens (primary N) is 1. The van der Waals surface area contributed by atoms with Crippen LogP contribution in [-0.2, 0) is 44.5 Å². The zero-order valence-electron chi connectivity index (χ0n) is 23.0. The minimum absolute atomic E-state index is 0.0705. The average molecular weight is 691 g/mol. The zero-order chi connectivity index (χ0) is 31.1. The monoisotopic (exact) mass is 690 g/mol. The standard InChI is InChI=1S/C12H18N2O5S3.C10H16N2O4S3/c1-4-13-10-5-7(2)21(16,17)12-9(10)6-11(20-12)22(18,19)14-8(3)15;1-3-12-8-4-6(2)18(13,14)10-7(8)5-9(17-10)19(11,15)16/h6-7,10,13H,4-5H2,1-3H3,(H,14,15);5-6,8,12H,3-4H2,1-2H3,(H2,11,15,16)/t7-,10-;6-,8-/m00/s1. The van der Waals surface area contributed by atoms with Gasteiger partial charge in [-0.25, -0.2) is 43.5 Å². The SMILES string of the molecule is CCN[C@H]1C[C@H](C)S(=O)(=O)c2sc(S(=O)(=O)NC(C)=O)cc21.CCN[C@H]1C[C@H](C)S(=O)(=O)c2sc(S(N)(=O)=O)cc21. The van der Waals surface area contributed by atoms with Crippen LogP contribution in [0.5, 0.6) is 0 Å². The summed E-state index contributed by atoms with van der Waals surface area (Å²) in [7, 11) is -14.9. The van der Waals surface area contributed by atoms with E-state index < -0.39 is 56.1 Å². The number of thiophene rings is 2. The largest absolute Gasteiger partial charge is 0.310 e. The topological polar surface area (TPSA) is 216 Å². The van der Waals surface area contributed by atoms with Crippen molar-refractivity contribution in [3.8, 4) is 0 Å². The van der Waals surface area contributed by atoms with Gasteiger partial charge in [-0.05, 0) is 51.9 Å². The van der Waals surface area contributed by atoms with E-state index in [-0.39, 0.29) is 28.9 Å². The highest BCUT2D eigenvalue weighted by molar-refractivity contribution is 7.96. The predicted octanol–water partition coefficient (Wildman–Crippen LogP) is 1.40. The summed E-state index contributed by atoms with van der Waals surface area (Å²) in [5.41, 5.74) is 0.989. The molecule has 0 saturated carbocycles. The van der Waals surface area contributed by atoms with Gasteiger partial charge >= 0.3 is 0 Å². The number of sulfone groups is 2. The van der Waals surface area contributed by atoms with Crippen molar-refractivity contribution < 1.29 is 38.5 Å². The quantitative estimate of drug-likeness (QED) is 0.326. The van der Waals surface area contributed by atoms with Crippen LogP contribution in [0.3, 0.4) is 0 Å². The third-order valence-electron chi connectivity index (χ3n) is 6.59. The van der Waals surface area contributed by atoms with Crippen molar-refractivity contribution in [2.75, 3.05) is 13.1 Å². The van der Waals surface area contributed by atoms with E-state index in [1.54, 1.807) is 13.8 Å². The molecule has 1 amide bonds. The average Bonchev–Trinajstić information content (AvgIpc) is 3.49. The Kier molecular flexibility index (Phi) is 10.2. The number of fused-ring (bicyclic) bond motifs is 2. The maximum absolute atomic E-state index is 12.4. The number of carbonyl (C=O) groups excluding carboxylic acids is 1. The number of hydrogen-bond acceptors (Lipinski definition) is 13. The number of nitrogens with one attached hydrogen (secondary N) is 3. The van der Waals surface area contributed by atoms with Crippen molar-refractivity contribution in [3.05, 3.63) is 23.3 Å². The Hall–Kier alpha value is -1.45. The van der Waals surface area contributed by atoms with E-state index in [2.05, 4.69) is 10.6 Å². The molecule has 0 radical (unpaired) electrons. The molecule has 13 nitrogen and oxygen atoms in total. The Morgan fingerprint density at radius 2 is 1.24 bits per heavy atom. The molecule has 0 bridgehead atoms. The molecule has 4 rings (SSSR count). The summed E-state index contributed by atoms with van der Waals surface area (Å²) >= 11 is 1.44. The van der Waals surface area contributed by atoms with Gasteiger partial charge in [0.05, 0.1) is 10.5 Å². The summed E-state index contributed by atoms with van der Waals surface area (Å²) in [6, 6.07) is 2.37. The van der Waals surface area contributed by atoms with Gasteiger partial charge in [0.1, 0.15) is 16.8 Å². The fourth-order valence-corrected chi connectivity index (χ4v) is 14.0. The van der Waals surface area contributed by atoms with Crippen LogP contribution in [0.4, 0.5) is 0 Å². The third-order valence-corrected chi connectivity index (χ3v) is 17.7. The summed E-state index contributed by atoms with van der Waals surface area (Å²) in [4.78, 5) is 11.0. The molecule has 0 spiro atoms. The van der Waals surface area contributed by atoms with E-state index >= 15 is 0 Å². The molecule has 4 atom stereocenters. The molecule has 4 heterocycles. The van der Waals surface area contributed by atoms with Crippen molar-refractivity contribution in [2.45, 2.75) is 86.9 Å². The van der Waals surface area contributed by atoms with Crippen LogP contribution in [0.1, 0.15) is 70.7 Å². The molecule has 2 aromatic heterocycles. The maximum atomic E-state index is 12.4. The molecule has 0 unspecified atom stereocenters. The first-order valence-electron chi connectivity index (χ1n) is 12.6. The van der Waals surface area contributed by atoms with Crippen LogP contribution in [0.15, 0.2) is 29.0 Å². The van der Waals surface area contributed by atoms with Gasteiger partial charge < -0.3 is 10.6 Å². The molecule has 232 valence electrons. The van der Waals surface area contributed by atoms with E-state index in [9.17, 15) is 38.5 Å². The van der Waals surface area contributed by atoms with Gasteiger partial charge in [-0.15, -0.1) is 22.7 Å². The lowest BCUT2D eigenvalue weighted by molar-refractivity contribution is -0.117. The Bertz CT molecular complexity index is 1740. The number of hydrogen-bond donors (Lipinski definition) is 4. The molecule has 0 saturated heterocycles. The van der Waals surface area contributed by atoms with Crippen LogP contribution in [-0.4, -0.2) is 63.2 Å². The van der Waals surface area contributed by atoms with Crippen molar-refractivity contribution in [3.63, 3.8) is 0 Å². The number of amides is 1. The van der Waals surface area contributed by atoms with Crippen molar-refractivity contribution in [1.29, 1.82) is 0 Å². The molecule has 2 aliphatic heterocycles. The van der Waals surface area contributed by atoms with E-state index in [4.69, 9.17) is 5.14 Å². The summed E-state index contributed by atoms with van der Waals surface area (Å²) in [5.74, 6) is -0.717. The maximum Gasteiger partial charge on any atom is 0.273 e. The van der Waals surface area contributed by atoms with Crippen LogP contribution < -0.4 is 20.5 Å². The van der Waals surface area contributed by atoms with E-state index in [0.29, 0.717) is 48.4 Å². The smallest absolute Gasteiger partial charge is 0.273 e. The molecule has 5 N–H and O–H groups in total. The summed E-state index contributed by atoms with van der Waals surface area (Å²) in [6.07, 6.45) is 0.823. The van der Waals surface area contributed by atoms with Crippen molar-refractivity contribution in [2.24, 2.45) is 5.14 Å². The molecule has 0 aliphatic carbocycles. The highest BCUT2D eigenvalue weighted by Gasteiger charge is 2.40. The molecule has 2 aliphatic rings. The van der Waals surface area contributed by atoms with Gasteiger partial charge in [0.2, 0.25) is 15.9 Å². The second kappa shape index (κ2) is 12.3. The first-order valence-corrected chi connectivity index (χ1v) is 20.3. The number of rotatable bonds is 7. The third kappa shape index (κ3) is 7.04. The van der Waals surface area contributed by atoms with Gasteiger partial charge in [0.15, 0.2) is 19.7 Å². The fourth-order valence-electron chi connectivity index (χ4n) is 4.59. The first-order chi connectivity index (χ1) is 18.8. The van der Waals surface area contributed by atoms with Gasteiger partial charge in [-0.3, -0.25) is 4.79 Å².